The Kier molecular flexibility index (Phi) is 3.14. The van der Waals surface area contributed by atoms with Crippen LogP contribution in [-0.4, -0.2) is 26.3 Å². The van der Waals surface area contributed by atoms with Crippen LogP contribution < -0.4 is 5.32 Å². The maximum Gasteiger partial charge on any atom is 0.176 e. The molecule has 0 saturated heterocycles. The minimum absolute atomic E-state index is 0.296. The van der Waals surface area contributed by atoms with Crippen molar-refractivity contribution in [2.24, 2.45) is 5.92 Å². The highest BCUT2D eigenvalue weighted by molar-refractivity contribution is 7.15. The first-order valence-corrected chi connectivity index (χ1v) is 7.50. The van der Waals surface area contributed by atoms with Gasteiger partial charge < -0.3 is 9.88 Å². The van der Waals surface area contributed by atoms with Gasteiger partial charge in [0.2, 0.25) is 0 Å². The lowest BCUT2D eigenvalue weighted by molar-refractivity contribution is 0.339. The summed E-state index contributed by atoms with van der Waals surface area (Å²) in [6, 6.07) is 0.296. The van der Waals surface area contributed by atoms with Gasteiger partial charge in [0.1, 0.15) is 0 Å². The lowest BCUT2D eigenvalue weighted by Gasteiger charge is -2.27. The highest BCUT2D eigenvalue weighted by Gasteiger charge is 2.28. The number of thiazole rings is 1. The Morgan fingerprint density at radius 2 is 2.11 bits per heavy atom. The summed E-state index contributed by atoms with van der Waals surface area (Å²) in [5, 5.41) is 13.4. The van der Waals surface area contributed by atoms with Crippen molar-refractivity contribution in [2.45, 2.75) is 40.3 Å². The van der Waals surface area contributed by atoms with Crippen molar-refractivity contribution in [3.05, 3.63) is 16.5 Å². The monoisotopic (exact) mass is 277 g/mol. The molecule has 19 heavy (non-hydrogen) atoms. The molecule has 1 aliphatic rings. The third-order valence-corrected chi connectivity index (χ3v) is 4.60. The van der Waals surface area contributed by atoms with Crippen LogP contribution in [0.5, 0.6) is 0 Å². The zero-order chi connectivity index (χ0) is 13.6. The molecule has 0 fully saturated rings. The van der Waals surface area contributed by atoms with Crippen LogP contribution in [-0.2, 0) is 6.54 Å². The van der Waals surface area contributed by atoms with E-state index in [9.17, 15) is 0 Å². The number of aryl methyl sites for hydroxylation is 2. The molecular weight excluding hydrogens is 258 g/mol. The Hall–Kier alpha value is -1.27. The van der Waals surface area contributed by atoms with E-state index >= 15 is 0 Å². The first-order valence-electron chi connectivity index (χ1n) is 6.69. The smallest absolute Gasteiger partial charge is 0.176 e. The first-order chi connectivity index (χ1) is 9.08. The number of hydrogen-bond donors (Lipinski definition) is 1. The van der Waals surface area contributed by atoms with E-state index < -0.39 is 0 Å². The van der Waals surface area contributed by atoms with Gasteiger partial charge in [0, 0.05) is 13.1 Å². The predicted octanol–water partition coefficient (Wildman–Crippen LogP) is 2.32. The van der Waals surface area contributed by atoms with E-state index in [4.69, 9.17) is 0 Å². The van der Waals surface area contributed by atoms with E-state index in [1.54, 1.807) is 11.3 Å². The molecule has 1 aliphatic heterocycles. The van der Waals surface area contributed by atoms with Crippen LogP contribution in [0, 0.1) is 19.8 Å². The van der Waals surface area contributed by atoms with E-state index in [0.29, 0.717) is 12.0 Å². The summed E-state index contributed by atoms with van der Waals surface area (Å²) in [5.74, 6) is 2.55. The van der Waals surface area contributed by atoms with Crippen LogP contribution in [0.25, 0.3) is 10.7 Å². The Morgan fingerprint density at radius 3 is 2.74 bits per heavy atom. The predicted molar refractivity (Wildman–Crippen MR) is 76.2 cm³/mol. The second-order valence-corrected chi connectivity index (χ2v) is 6.56. The van der Waals surface area contributed by atoms with Crippen LogP contribution in [0.4, 0.5) is 0 Å². The first kappa shape index (κ1) is 12.7. The molecule has 6 heteroatoms. The number of rotatable bonds is 2. The zero-order valence-corrected chi connectivity index (χ0v) is 12.6. The second kappa shape index (κ2) is 4.68. The van der Waals surface area contributed by atoms with Crippen molar-refractivity contribution in [2.75, 3.05) is 6.54 Å². The maximum absolute atomic E-state index is 4.49. The van der Waals surface area contributed by atoms with Crippen LogP contribution >= 0.6 is 11.3 Å². The van der Waals surface area contributed by atoms with Crippen molar-refractivity contribution in [1.29, 1.82) is 0 Å². The van der Waals surface area contributed by atoms with Gasteiger partial charge in [0.15, 0.2) is 11.6 Å². The summed E-state index contributed by atoms with van der Waals surface area (Å²) in [6.45, 7) is 10.4. The molecule has 0 radical (unpaired) electrons. The number of fused-ring (bicyclic) bond motifs is 1. The van der Waals surface area contributed by atoms with Gasteiger partial charge in [-0.3, -0.25) is 0 Å². The molecule has 1 atom stereocenters. The van der Waals surface area contributed by atoms with Gasteiger partial charge in [-0.05, 0) is 19.8 Å². The van der Waals surface area contributed by atoms with Crippen LogP contribution in [0.1, 0.15) is 36.4 Å². The van der Waals surface area contributed by atoms with E-state index in [2.05, 4.69) is 38.9 Å². The summed E-state index contributed by atoms with van der Waals surface area (Å²) >= 11 is 1.70. The second-order valence-electron chi connectivity index (χ2n) is 5.36. The molecule has 102 valence electrons. The average molecular weight is 277 g/mol. The highest BCUT2D eigenvalue weighted by Crippen LogP contribution is 2.32. The molecule has 1 unspecified atom stereocenters. The minimum atomic E-state index is 0.296. The fourth-order valence-electron chi connectivity index (χ4n) is 2.63. The van der Waals surface area contributed by atoms with Gasteiger partial charge in [-0.15, -0.1) is 21.5 Å². The van der Waals surface area contributed by atoms with Gasteiger partial charge in [0.05, 0.1) is 21.6 Å². The molecule has 3 rings (SSSR count). The molecular formula is C13H19N5S. The summed E-state index contributed by atoms with van der Waals surface area (Å²) in [5.41, 5.74) is 1.05. The number of nitrogens with one attached hydrogen (secondary N) is 1. The number of hydrogen-bond acceptors (Lipinski definition) is 5. The fourth-order valence-corrected chi connectivity index (χ4v) is 3.54. The Balaban J connectivity index is 2.08. The minimum Gasteiger partial charge on any atom is -0.308 e. The van der Waals surface area contributed by atoms with E-state index in [0.717, 1.165) is 40.3 Å². The zero-order valence-electron chi connectivity index (χ0n) is 11.8. The Labute approximate surface area is 117 Å². The normalized spacial score (nSPS) is 18.9. The van der Waals surface area contributed by atoms with E-state index in [-0.39, 0.29) is 0 Å². The molecule has 0 aromatic carbocycles. The van der Waals surface area contributed by atoms with Gasteiger partial charge >= 0.3 is 0 Å². The molecule has 0 spiro atoms. The molecule has 5 nitrogen and oxygen atoms in total. The SMILES string of the molecule is Cc1nc(C)c(-c2nnc3n2CCNC3C(C)C)s1. The standard InChI is InChI=1S/C13H19N5S/c1-7(2)10-12-16-17-13(18(12)6-5-14-10)11-8(3)15-9(4)19-11/h7,10,14H,5-6H2,1-4H3. The van der Waals surface area contributed by atoms with E-state index in [1.807, 2.05) is 13.8 Å². The van der Waals surface area contributed by atoms with E-state index in [1.165, 1.54) is 0 Å². The lowest BCUT2D eigenvalue weighted by Crippen LogP contribution is -2.36. The van der Waals surface area contributed by atoms with Crippen molar-refractivity contribution in [1.82, 2.24) is 25.1 Å². The summed E-state index contributed by atoms with van der Waals surface area (Å²) in [7, 11) is 0. The third kappa shape index (κ3) is 2.08. The van der Waals surface area contributed by atoms with Crippen molar-refractivity contribution >= 4 is 11.3 Å². The van der Waals surface area contributed by atoms with Crippen LogP contribution in [0.2, 0.25) is 0 Å². The third-order valence-electron chi connectivity index (χ3n) is 3.53. The van der Waals surface area contributed by atoms with Gasteiger partial charge in [-0.1, -0.05) is 13.8 Å². The molecule has 3 heterocycles. The summed E-state index contributed by atoms with van der Waals surface area (Å²) in [4.78, 5) is 5.65. The lowest BCUT2D eigenvalue weighted by atomic mass is 10.0. The van der Waals surface area contributed by atoms with Gasteiger partial charge in [0.25, 0.3) is 0 Å². The van der Waals surface area contributed by atoms with Gasteiger partial charge in [-0.2, -0.15) is 0 Å². The largest absolute Gasteiger partial charge is 0.308 e. The van der Waals surface area contributed by atoms with Crippen molar-refractivity contribution in [3.63, 3.8) is 0 Å². The molecule has 2 aromatic rings. The molecule has 0 saturated carbocycles. The Bertz CT molecular complexity index is 598. The number of aromatic nitrogens is 4. The van der Waals surface area contributed by atoms with Gasteiger partial charge in [-0.25, -0.2) is 4.98 Å². The molecule has 2 aromatic heterocycles. The topological polar surface area (TPSA) is 55.6 Å². The van der Waals surface area contributed by atoms with Crippen molar-refractivity contribution in [3.8, 4) is 10.7 Å². The maximum atomic E-state index is 4.49. The summed E-state index contributed by atoms with van der Waals surface area (Å²) < 4.78 is 2.25. The fraction of sp³-hybridized carbons (Fsp3) is 0.615. The van der Waals surface area contributed by atoms with Crippen LogP contribution in [0.3, 0.4) is 0 Å². The van der Waals surface area contributed by atoms with Crippen molar-refractivity contribution < 1.29 is 0 Å². The number of nitrogens with zero attached hydrogens (tertiary/aromatic N) is 4. The quantitative estimate of drug-likeness (QED) is 0.915. The highest BCUT2D eigenvalue weighted by atomic mass is 32.1. The molecule has 0 bridgehead atoms. The van der Waals surface area contributed by atoms with Crippen LogP contribution in [0.15, 0.2) is 0 Å². The molecule has 1 N–H and O–H groups in total. The summed E-state index contributed by atoms with van der Waals surface area (Å²) in [6.07, 6.45) is 0. The molecule has 0 amide bonds. The Morgan fingerprint density at radius 1 is 1.32 bits per heavy atom. The average Bonchev–Trinajstić information content (AvgIpc) is 2.91. The molecule has 0 aliphatic carbocycles.